The van der Waals surface area contributed by atoms with Gasteiger partial charge >= 0.3 is 0 Å². The molecule has 0 aromatic heterocycles. The molecule has 0 spiro atoms. The van der Waals surface area contributed by atoms with Gasteiger partial charge in [-0.2, -0.15) is 0 Å². The van der Waals surface area contributed by atoms with Crippen LogP contribution in [0.5, 0.6) is 0 Å². The summed E-state index contributed by atoms with van der Waals surface area (Å²) >= 11 is 3.30. The largest absolute Gasteiger partial charge is 0.376 e. The van der Waals surface area contributed by atoms with Crippen molar-refractivity contribution in [2.75, 3.05) is 11.9 Å². The van der Waals surface area contributed by atoms with Crippen molar-refractivity contribution in [3.63, 3.8) is 0 Å². The third-order valence-electron chi connectivity index (χ3n) is 2.83. The minimum Gasteiger partial charge on any atom is -0.376 e. The van der Waals surface area contributed by atoms with Crippen molar-refractivity contribution < 1.29 is 9.13 Å². The Morgan fingerprint density at radius 2 is 1.93 bits per heavy atom. The van der Waals surface area contributed by atoms with Gasteiger partial charge in [-0.1, -0.05) is 46.3 Å². The SMILES string of the molecule is F[C@H]1[C@H](CBr)[C@H]1COCc1ccccc1. The molecule has 2 rings (SSSR count). The van der Waals surface area contributed by atoms with Crippen LogP contribution in [0, 0.1) is 11.8 Å². The second kappa shape index (κ2) is 5.08. The normalized spacial score (nSPS) is 29.1. The summed E-state index contributed by atoms with van der Waals surface area (Å²) < 4.78 is 18.5. The smallest absolute Gasteiger partial charge is 0.110 e. The first-order valence-corrected chi connectivity index (χ1v) is 6.27. The molecule has 3 heteroatoms. The Morgan fingerprint density at radius 3 is 2.53 bits per heavy atom. The first-order valence-electron chi connectivity index (χ1n) is 5.14. The number of rotatable bonds is 5. The van der Waals surface area contributed by atoms with E-state index in [1.807, 2.05) is 30.3 Å². The highest BCUT2D eigenvalue weighted by molar-refractivity contribution is 9.09. The Kier molecular flexibility index (Phi) is 3.76. The van der Waals surface area contributed by atoms with Crippen molar-refractivity contribution in [2.45, 2.75) is 12.8 Å². The van der Waals surface area contributed by atoms with Crippen molar-refractivity contribution >= 4 is 15.9 Å². The van der Waals surface area contributed by atoms with Crippen LogP contribution in [-0.2, 0) is 11.3 Å². The maximum Gasteiger partial charge on any atom is 0.110 e. The number of halogens is 2. The molecule has 1 aliphatic rings. The zero-order valence-corrected chi connectivity index (χ0v) is 9.99. The molecule has 1 aromatic rings. The highest BCUT2D eigenvalue weighted by Crippen LogP contribution is 2.43. The minimum absolute atomic E-state index is 0.105. The maximum absolute atomic E-state index is 13.1. The first kappa shape index (κ1) is 11.1. The van der Waals surface area contributed by atoms with Crippen LogP contribution in [-0.4, -0.2) is 18.1 Å². The Balaban J connectivity index is 1.68. The number of ether oxygens (including phenoxy) is 1. The van der Waals surface area contributed by atoms with E-state index in [4.69, 9.17) is 4.74 Å². The monoisotopic (exact) mass is 272 g/mol. The molecule has 0 N–H and O–H groups in total. The van der Waals surface area contributed by atoms with E-state index in [9.17, 15) is 4.39 Å². The predicted molar refractivity (Wildman–Crippen MR) is 61.8 cm³/mol. The van der Waals surface area contributed by atoms with E-state index < -0.39 is 6.17 Å². The van der Waals surface area contributed by atoms with Crippen LogP contribution >= 0.6 is 15.9 Å². The van der Waals surface area contributed by atoms with Gasteiger partial charge in [-0.3, -0.25) is 0 Å². The molecular weight excluding hydrogens is 259 g/mol. The van der Waals surface area contributed by atoms with Crippen LogP contribution < -0.4 is 0 Å². The lowest BCUT2D eigenvalue weighted by atomic mass is 10.2. The van der Waals surface area contributed by atoms with Crippen LogP contribution in [0.25, 0.3) is 0 Å². The van der Waals surface area contributed by atoms with Crippen LogP contribution in [0.15, 0.2) is 30.3 Å². The summed E-state index contributed by atoms with van der Waals surface area (Å²) in [5, 5.41) is 0.744. The molecule has 15 heavy (non-hydrogen) atoms. The van der Waals surface area contributed by atoms with E-state index >= 15 is 0 Å². The zero-order chi connectivity index (χ0) is 10.7. The van der Waals surface area contributed by atoms with Crippen molar-refractivity contribution in [1.29, 1.82) is 0 Å². The van der Waals surface area contributed by atoms with E-state index in [0.29, 0.717) is 13.2 Å². The van der Waals surface area contributed by atoms with Gasteiger partial charge in [0, 0.05) is 17.2 Å². The van der Waals surface area contributed by atoms with E-state index in [0.717, 1.165) is 10.9 Å². The standard InChI is InChI=1S/C12H14BrFO/c13-6-10-11(12(10)14)8-15-7-9-4-2-1-3-5-9/h1-5,10-12H,6-8H2/t10-,11-,12+/m1/s1. The van der Waals surface area contributed by atoms with Crippen molar-refractivity contribution in [3.05, 3.63) is 35.9 Å². The van der Waals surface area contributed by atoms with Gasteiger partial charge < -0.3 is 4.74 Å². The van der Waals surface area contributed by atoms with Crippen molar-refractivity contribution in [1.82, 2.24) is 0 Å². The van der Waals surface area contributed by atoms with Gasteiger partial charge in [0.05, 0.1) is 13.2 Å². The highest BCUT2D eigenvalue weighted by atomic mass is 79.9. The van der Waals surface area contributed by atoms with Gasteiger partial charge in [0.15, 0.2) is 0 Å². The fraction of sp³-hybridized carbons (Fsp3) is 0.500. The van der Waals surface area contributed by atoms with E-state index in [-0.39, 0.29) is 11.8 Å². The molecule has 1 saturated carbocycles. The second-order valence-electron chi connectivity index (χ2n) is 3.93. The lowest BCUT2D eigenvalue weighted by Gasteiger charge is -2.02. The van der Waals surface area contributed by atoms with Crippen molar-refractivity contribution in [2.24, 2.45) is 11.8 Å². The summed E-state index contributed by atoms with van der Waals surface area (Å²) in [6.45, 7) is 1.12. The summed E-state index contributed by atoms with van der Waals surface area (Å²) in [4.78, 5) is 0. The van der Waals surface area contributed by atoms with Crippen LogP contribution in [0.2, 0.25) is 0 Å². The van der Waals surface area contributed by atoms with Crippen LogP contribution in [0.4, 0.5) is 4.39 Å². The molecule has 0 bridgehead atoms. The third-order valence-corrected chi connectivity index (χ3v) is 3.57. The first-order chi connectivity index (χ1) is 7.33. The lowest BCUT2D eigenvalue weighted by Crippen LogP contribution is -1.99. The van der Waals surface area contributed by atoms with Crippen LogP contribution in [0.3, 0.4) is 0 Å². The third kappa shape index (κ3) is 2.79. The van der Waals surface area contributed by atoms with E-state index in [1.165, 1.54) is 0 Å². The lowest BCUT2D eigenvalue weighted by molar-refractivity contribution is 0.104. The molecule has 0 saturated heterocycles. The van der Waals surface area contributed by atoms with Gasteiger partial charge in [-0.15, -0.1) is 0 Å². The summed E-state index contributed by atoms with van der Waals surface area (Å²) in [7, 11) is 0. The molecule has 1 fully saturated rings. The Bertz CT molecular complexity index is 304. The van der Waals surface area contributed by atoms with Gasteiger partial charge in [-0.25, -0.2) is 4.39 Å². The fourth-order valence-corrected chi connectivity index (χ4v) is 2.54. The molecule has 1 aliphatic carbocycles. The average Bonchev–Trinajstić information content (AvgIpc) is 2.90. The molecular formula is C12H14BrFO. The van der Waals surface area contributed by atoms with Crippen LogP contribution in [0.1, 0.15) is 5.56 Å². The molecule has 0 unspecified atom stereocenters. The molecule has 1 nitrogen and oxygen atoms in total. The topological polar surface area (TPSA) is 9.23 Å². The Hall–Kier alpha value is -0.410. The van der Waals surface area contributed by atoms with Gasteiger partial charge in [0.2, 0.25) is 0 Å². The predicted octanol–water partition coefficient (Wildman–Crippen LogP) is 3.18. The Morgan fingerprint density at radius 1 is 1.20 bits per heavy atom. The quantitative estimate of drug-likeness (QED) is 0.749. The summed E-state index contributed by atoms with van der Waals surface area (Å²) in [5.74, 6) is 0.272. The number of hydrogen-bond donors (Lipinski definition) is 0. The van der Waals surface area contributed by atoms with Crippen molar-refractivity contribution in [3.8, 4) is 0 Å². The maximum atomic E-state index is 13.1. The molecule has 82 valence electrons. The highest BCUT2D eigenvalue weighted by Gasteiger charge is 2.50. The Labute approximate surface area is 97.8 Å². The number of alkyl halides is 2. The van der Waals surface area contributed by atoms with E-state index in [2.05, 4.69) is 15.9 Å². The molecule has 0 aliphatic heterocycles. The zero-order valence-electron chi connectivity index (χ0n) is 8.40. The second-order valence-corrected chi connectivity index (χ2v) is 4.57. The van der Waals surface area contributed by atoms with Gasteiger partial charge in [0.1, 0.15) is 6.17 Å². The average molecular weight is 273 g/mol. The molecule has 0 amide bonds. The summed E-state index contributed by atoms with van der Waals surface area (Å²) in [6, 6.07) is 9.97. The molecule has 0 heterocycles. The summed E-state index contributed by atoms with van der Waals surface area (Å²) in [5.41, 5.74) is 1.14. The van der Waals surface area contributed by atoms with Gasteiger partial charge in [0.25, 0.3) is 0 Å². The molecule has 3 atom stereocenters. The summed E-state index contributed by atoms with van der Waals surface area (Å²) in [6.07, 6.45) is -0.667. The fourth-order valence-electron chi connectivity index (χ4n) is 1.70. The molecule has 0 radical (unpaired) electrons. The van der Waals surface area contributed by atoms with E-state index in [1.54, 1.807) is 0 Å². The van der Waals surface area contributed by atoms with Gasteiger partial charge in [-0.05, 0) is 5.56 Å². The number of benzene rings is 1. The number of hydrogen-bond acceptors (Lipinski definition) is 1. The molecule has 1 aromatic carbocycles. The minimum atomic E-state index is -0.667.